The highest BCUT2D eigenvalue weighted by Gasteiger charge is 2.39. The summed E-state index contributed by atoms with van der Waals surface area (Å²) in [6, 6.07) is 1.31. The molecule has 2 atom stereocenters. The Kier molecular flexibility index (Phi) is 2.69. The van der Waals surface area contributed by atoms with Gasteiger partial charge in [-0.3, -0.25) is 0 Å². The largest absolute Gasteiger partial charge is 0.325 e. The quantitative estimate of drug-likeness (QED) is 0.658. The van der Waals surface area contributed by atoms with Gasteiger partial charge in [0, 0.05) is 13.6 Å². The van der Waals surface area contributed by atoms with Gasteiger partial charge in [-0.25, -0.2) is 0 Å². The van der Waals surface area contributed by atoms with E-state index in [-0.39, 0.29) is 5.54 Å². The Hall–Kier alpha value is 0.177. The third-order valence-corrected chi connectivity index (χ3v) is 4.84. The molecule has 0 radical (unpaired) electrons. The second-order valence-electron chi connectivity index (χ2n) is 5.76. The average Bonchev–Trinajstić information content (AvgIpc) is 2.08. The number of hydrogen-bond acceptors (Lipinski definition) is 1. The Balaban J connectivity index is 2.60. The molecule has 0 spiro atoms. The van der Waals surface area contributed by atoms with E-state index < -0.39 is 8.07 Å². The molecule has 2 N–H and O–H groups in total. The van der Waals surface area contributed by atoms with E-state index in [1.807, 2.05) is 0 Å². The minimum absolute atomic E-state index is 0.199. The van der Waals surface area contributed by atoms with Crippen LogP contribution >= 0.6 is 0 Å². The van der Waals surface area contributed by atoms with E-state index in [2.05, 4.69) is 26.6 Å². The molecule has 0 aromatic rings. The lowest BCUT2D eigenvalue weighted by Gasteiger charge is -2.34. The molecule has 1 aliphatic carbocycles. The van der Waals surface area contributed by atoms with Crippen LogP contribution < -0.4 is 5.73 Å². The van der Waals surface area contributed by atoms with E-state index in [1.54, 1.807) is 0 Å². The fraction of sp³-hybridized carbons (Fsp3) is 1.00. The Morgan fingerprint density at radius 1 is 1.42 bits per heavy atom. The first-order valence-electron chi connectivity index (χ1n) is 5.12. The summed E-state index contributed by atoms with van der Waals surface area (Å²) in [6.45, 7) is 9.60. The van der Waals surface area contributed by atoms with Crippen molar-refractivity contribution in [2.24, 2.45) is 11.7 Å². The van der Waals surface area contributed by atoms with Gasteiger partial charge in [0.25, 0.3) is 0 Å². The Bertz CT molecular complexity index is 162. The van der Waals surface area contributed by atoms with Crippen LogP contribution in [0.15, 0.2) is 0 Å². The molecule has 0 aliphatic heterocycles. The van der Waals surface area contributed by atoms with Gasteiger partial charge in [0.05, 0.1) is 0 Å². The minimum atomic E-state index is -0.961. The second kappa shape index (κ2) is 3.15. The van der Waals surface area contributed by atoms with Crippen molar-refractivity contribution < 1.29 is 0 Å². The molecule has 0 saturated heterocycles. The van der Waals surface area contributed by atoms with Crippen LogP contribution in [0.25, 0.3) is 0 Å². The predicted octanol–water partition coefficient (Wildman–Crippen LogP) is 2.84. The van der Waals surface area contributed by atoms with Crippen LogP contribution in [-0.2, 0) is 0 Å². The summed E-state index contributed by atoms with van der Waals surface area (Å²) >= 11 is 0. The van der Waals surface area contributed by atoms with Gasteiger partial charge in [0.1, 0.15) is 0 Å². The molecule has 72 valence electrons. The van der Waals surface area contributed by atoms with Gasteiger partial charge < -0.3 is 5.73 Å². The Morgan fingerprint density at radius 2 is 2.00 bits per heavy atom. The zero-order valence-electron chi connectivity index (χ0n) is 8.98. The van der Waals surface area contributed by atoms with Crippen LogP contribution in [0.4, 0.5) is 0 Å². The highest BCUT2D eigenvalue weighted by Crippen LogP contribution is 2.38. The molecular formula is C10H23NSi. The molecule has 2 unspecified atom stereocenters. The van der Waals surface area contributed by atoms with Crippen LogP contribution in [-0.4, -0.2) is 13.6 Å². The van der Waals surface area contributed by atoms with Crippen molar-refractivity contribution in [3.63, 3.8) is 0 Å². The van der Waals surface area contributed by atoms with Crippen LogP contribution in [0, 0.1) is 5.92 Å². The van der Waals surface area contributed by atoms with Gasteiger partial charge in [0.15, 0.2) is 0 Å². The molecular weight excluding hydrogens is 162 g/mol. The van der Waals surface area contributed by atoms with E-state index in [9.17, 15) is 0 Å². The molecule has 1 aliphatic rings. The summed E-state index contributed by atoms with van der Waals surface area (Å²) in [5.41, 5.74) is 6.62. The monoisotopic (exact) mass is 185 g/mol. The van der Waals surface area contributed by atoms with E-state index in [4.69, 9.17) is 5.73 Å². The molecule has 0 heterocycles. The van der Waals surface area contributed by atoms with Crippen LogP contribution in [0.3, 0.4) is 0 Å². The van der Waals surface area contributed by atoms with E-state index >= 15 is 0 Å². The summed E-state index contributed by atoms with van der Waals surface area (Å²) < 4.78 is 0. The molecule has 1 rings (SSSR count). The van der Waals surface area contributed by atoms with E-state index in [0.717, 1.165) is 5.92 Å². The lowest BCUT2D eigenvalue weighted by atomic mass is 9.92. The van der Waals surface area contributed by atoms with Crippen molar-refractivity contribution in [3.05, 3.63) is 0 Å². The third kappa shape index (κ3) is 2.33. The van der Waals surface area contributed by atoms with Gasteiger partial charge in [-0.2, -0.15) is 0 Å². The fourth-order valence-electron chi connectivity index (χ4n) is 2.52. The van der Waals surface area contributed by atoms with Gasteiger partial charge in [-0.1, -0.05) is 33.0 Å². The number of hydrogen-bond donors (Lipinski definition) is 1. The van der Waals surface area contributed by atoms with Crippen molar-refractivity contribution in [2.45, 2.75) is 57.4 Å². The highest BCUT2D eigenvalue weighted by molar-refractivity contribution is 6.76. The van der Waals surface area contributed by atoms with Crippen molar-refractivity contribution >= 4 is 8.07 Å². The summed E-state index contributed by atoms with van der Waals surface area (Å²) in [4.78, 5) is 0. The molecule has 2 heteroatoms. The van der Waals surface area contributed by atoms with Gasteiger partial charge in [-0.05, 0) is 24.8 Å². The maximum absolute atomic E-state index is 6.42. The summed E-state index contributed by atoms with van der Waals surface area (Å²) in [5, 5.41) is 0. The smallest absolute Gasteiger partial charge is 0.0460 e. The topological polar surface area (TPSA) is 26.0 Å². The number of rotatable bonds is 2. The average molecular weight is 185 g/mol. The van der Waals surface area contributed by atoms with Crippen LogP contribution in [0.5, 0.6) is 0 Å². The molecule has 1 saturated carbocycles. The first-order valence-corrected chi connectivity index (χ1v) is 8.83. The lowest BCUT2D eigenvalue weighted by molar-refractivity contribution is 0.368. The molecule has 1 fully saturated rings. The van der Waals surface area contributed by atoms with Crippen molar-refractivity contribution in [3.8, 4) is 0 Å². The van der Waals surface area contributed by atoms with Crippen molar-refractivity contribution in [1.29, 1.82) is 0 Å². The van der Waals surface area contributed by atoms with Gasteiger partial charge >= 0.3 is 0 Å². The van der Waals surface area contributed by atoms with Crippen LogP contribution in [0.1, 0.15) is 26.2 Å². The number of nitrogens with two attached hydrogens (primary N) is 1. The SMILES string of the molecule is CC1CCCC1(N)C[Si](C)(C)C. The zero-order chi connectivity index (χ0) is 9.41. The first-order chi connectivity index (χ1) is 5.33. The first kappa shape index (κ1) is 10.3. The second-order valence-corrected chi connectivity index (χ2v) is 11.2. The summed E-state index contributed by atoms with van der Waals surface area (Å²) in [7, 11) is -0.961. The molecule has 0 aromatic carbocycles. The summed E-state index contributed by atoms with van der Waals surface area (Å²) in [6.07, 6.45) is 3.96. The normalized spacial score (nSPS) is 37.2. The maximum Gasteiger partial charge on any atom is 0.0460 e. The predicted molar refractivity (Wildman–Crippen MR) is 58.1 cm³/mol. The van der Waals surface area contributed by atoms with Crippen molar-refractivity contribution in [1.82, 2.24) is 0 Å². The van der Waals surface area contributed by atoms with Crippen LogP contribution in [0.2, 0.25) is 25.7 Å². The molecule has 0 bridgehead atoms. The maximum atomic E-state index is 6.42. The van der Waals surface area contributed by atoms with E-state index in [0.29, 0.717) is 0 Å². The van der Waals surface area contributed by atoms with E-state index in [1.165, 1.54) is 25.3 Å². The zero-order valence-corrected chi connectivity index (χ0v) is 9.98. The lowest BCUT2D eigenvalue weighted by Crippen LogP contribution is -2.47. The minimum Gasteiger partial charge on any atom is -0.325 e. The third-order valence-electron chi connectivity index (χ3n) is 3.12. The van der Waals surface area contributed by atoms with Gasteiger partial charge in [0.2, 0.25) is 0 Å². The highest BCUT2D eigenvalue weighted by atomic mass is 28.3. The molecule has 1 nitrogen and oxygen atoms in total. The van der Waals surface area contributed by atoms with Crippen molar-refractivity contribution in [2.75, 3.05) is 0 Å². The Morgan fingerprint density at radius 3 is 2.33 bits per heavy atom. The summed E-state index contributed by atoms with van der Waals surface area (Å²) in [5.74, 6) is 0.754. The molecule has 12 heavy (non-hydrogen) atoms. The molecule has 0 aromatic heterocycles. The molecule has 0 amide bonds. The standard InChI is InChI=1S/C10H23NSi/c1-9-6-5-7-10(9,11)8-12(2,3)4/h9H,5-8,11H2,1-4H3. The fourth-order valence-corrected chi connectivity index (χ4v) is 5.02. The Labute approximate surface area is 77.7 Å². The van der Waals surface area contributed by atoms with Gasteiger partial charge in [-0.15, -0.1) is 0 Å².